The molecule has 0 aliphatic rings. The monoisotopic (exact) mass is 355 g/mol. The van der Waals surface area contributed by atoms with E-state index in [0.717, 1.165) is 5.39 Å². The van der Waals surface area contributed by atoms with Gasteiger partial charge >= 0.3 is 0 Å². The van der Waals surface area contributed by atoms with Crippen molar-refractivity contribution in [3.8, 4) is 0 Å². The lowest BCUT2D eigenvalue weighted by molar-refractivity contribution is 0.459. The van der Waals surface area contributed by atoms with Crippen molar-refractivity contribution in [2.75, 3.05) is 4.72 Å². The van der Waals surface area contributed by atoms with Crippen LogP contribution in [-0.4, -0.2) is 8.42 Å². The van der Waals surface area contributed by atoms with E-state index in [1.165, 1.54) is 18.2 Å². The molecule has 3 aromatic rings. The molecule has 1 N–H and O–H groups in total. The van der Waals surface area contributed by atoms with E-state index in [1.54, 1.807) is 29.0 Å². The standard InChI is InChI=1S/C16H9F4NO2S/c17-12-8-13(18)15(20)16(14(12)19)21-24(22,23)11-6-5-9-3-1-2-4-10(9)7-11/h1-8,21H. The van der Waals surface area contributed by atoms with Crippen molar-refractivity contribution in [2.45, 2.75) is 4.90 Å². The van der Waals surface area contributed by atoms with Crippen molar-refractivity contribution in [3.05, 3.63) is 71.8 Å². The molecule has 8 heteroatoms. The number of rotatable bonds is 3. The topological polar surface area (TPSA) is 46.2 Å². The van der Waals surface area contributed by atoms with Crippen molar-refractivity contribution < 1.29 is 26.0 Å². The summed E-state index contributed by atoms with van der Waals surface area (Å²) in [6.07, 6.45) is 0. The number of fused-ring (bicyclic) bond motifs is 1. The fraction of sp³-hybridized carbons (Fsp3) is 0. The molecule has 3 aromatic carbocycles. The highest BCUT2D eigenvalue weighted by atomic mass is 32.2. The molecular formula is C16H9F4NO2S. The van der Waals surface area contributed by atoms with Gasteiger partial charge in [-0.2, -0.15) is 0 Å². The predicted molar refractivity (Wildman–Crippen MR) is 81.0 cm³/mol. The Labute approximate surface area is 134 Å². The second-order valence-electron chi connectivity index (χ2n) is 4.96. The fourth-order valence-electron chi connectivity index (χ4n) is 2.19. The molecular weight excluding hydrogens is 346 g/mol. The molecule has 124 valence electrons. The zero-order chi connectivity index (χ0) is 17.5. The van der Waals surface area contributed by atoms with E-state index in [2.05, 4.69) is 0 Å². The molecule has 3 rings (SSSR count). The second-order valence-corrected chi connectivity index (χ2v) is 6.64. The van der Waals surface area contributed by atoms with Gasteiger partial charge in [0.15, 0.2) is 23.3 Å². The van der Waals surface area contributed by atoms with Gasteiger partial charge < -0.3 is 0 Å². The van der Waals surface area contributed by atoms with Gasteiger partial charge in [0.1, 0.15) is 5.69 Å². The third-order valence-corrected chi connectivity index (χ3v) is 4.73. The third kappa shape index (κ3) is 2.80. The Morgan fingerprint density at radius 3 is 1.96 bits per heavy atom. The van der Waals surface area contributed by atoms with Crippen LogP contribution in [0.1, 0.15) is 0 Å². The minimum atomic E-state index is -4.45. The van der Waals surface area contributed by atoms with Gasteiger partial charge in [-0.1, -0.05) is 30.3 Å². The van der Waals surface area contributed by atoms with Crippen LogP contribution >= 0.6 is 0 Å². The van der Waals surface area contributed by atoms with E-state index in [9.17, 15) is 26.0 Å². The minimum absolute atomic E-state index is 0.00150. The van der Waals surface area contributed by atoms with E-state index < -0.39 is 39.0 Å². The molecule has 0 amide bonds. The van der Waals surface area contributed by atoms with E-state index in [4.69, 9.17) is 0 Å². The average Bonchev–Trinajstić information content (AvgIpc) is 2.56. The Kier molecular flexibility index (Phi) is 3.92. The number of sulfonamides is 1. The lowest BCUT2D eigenvalue weighted by Gasteiger charge is -2.11. The Balaban J connectivity index is 2.08. The van der Waals surface area contributed by atoms with E-state index in [0.29, 0.717) is 5.39 Å². The van der Waals surface area contributed by atoms with Crippen molar-refractivity contribution in [2.24, 2.45) is 0 Å². The first-order chi connectivity index (χ1) is 11.3. The van der Waals surface area contributed by atoms with Crippen LogP contribution < -0.4 is 4.72 Å². The van der Waals surface area contributed by atoms with E-state index in [-0.39, 0.29) is 11.0 Å². The molecule has 0 saturated heterocycles. The molecule has 0 spiro atoms. The largest absolute Gasteiger partial charge is 0.274 e. The van der Waals surface area contributed by atoms with Gasteiger partial charge in [0.05, 0.1) is 4.90 Å². The molecule has 24 heavy (non-hydrogen) atoms. The quantitative estimate of drug-likeness (QED) is 0.565. The van der Waals surface area contributed by atoms with E-state index >= 15 is 0 Å². The smallest absolute Gasteiger partial charge is 0.262 e. The first-order valence-electron chi connectivity index (χ1n) is 6.64. The lowest BCUT2D eigenvalue weighted by Crippen LogP contribution is -2.16. The van der Waals surface area contributed by atoms with Gasteiger partial charge in [0, 0.05) is 6.07 Å². The van der Waals surface area contributed by atoms with Crippen LogP contribution in [0.3, 0.4) is 0 Å². The van der Waals surface area contributed by atoms with Crippen molar-refractivity contribution >= 4 is 26.5 Å². The molecule has 0 bridgehead atoms. The van der Waals surface area contributed by atoms with Gasteiger partial charge in [0.2, 0.25) is 0 Å². The highest BCUT2D eigenvalue weighted by Gasteiger charge is 2.24. The van der Waals surface area contributed by atoms with Crippen LogP contribution in [0.25, 0.3) is 10.8 Å². The Morgan fingerprint density at radius 2 is 1.33 bits per heavy atom. The Morgan fingerprint density at radius 1 is 0.750 bits per heavy atom. The summed E-state index contributed by atoms with van der Waals surface area (Å²) < 4.78 is 79.8. The number of halogens is 4. The summed E-state index contributed by atoms with van der Waals surface area (Å²) in [6.45, 7) is 0. The Bertz CT molecular complexity index is 1030. The molecule has 0 heterocycles. The Hall–Kier alpha value is -2.61. The molecule has 0 aliphatic heterocycles. The van der Waals surface area contributed by atoms with Crippen LogP contribution in [0.15, 0.2) is 53.4 Å². The number of hydrogen-bond acceptors (Lipinski definition) is 2. The summed E-state index contributed by atoms with van der Waals surface area (Å²) in [4.78, 5) is -0.301. The molecule has 0 radical (unpaired) electrons. The second kappa shape index (κ2) is 5.79. The van der Waals surface area contributed by atoms with Crippen LogP contribution in [0, 0.1) is 23.3 Å². The summed E-state index contributed by atoms with van der Waals surface area (Å²) in [6, 6.07) is 10.8. The highest BCUT2D eigenvalue weighted by molar-refractivity contribution is 7.92. The number of nitrogens with one attached hydrogen (secondary N) is 1. The molecule has 0 saturated carbocycles. The lowest BCUT2D eigenvalue weighted by atomic mass is 10.1. The van der Waals surface area contributed by atoms with Crippen LogP contribution in [0.2, 0.25) is 0 Å². The van der Waals surface area contributed by atoms with Gasteiger partial charge in [-0.15, -0.1) is 0 Å². The fourth-order valence-corrected chi connectivity index (χ4v) is 3.29. The number of anilines is 1. The van der Waals surface area contributed by atoms with Crippen molar-refractivity contribution in [3.63, 3.8) is 0 Å². The average molecular weight is 355 g/mol. The molecule has 0 unspecified atom stereocenters. The van der Waals surface area contributed by atoms with Crippen LogP contribution in [-0.2, 0) is 10.0 Å². The van der Waals surface area contributed by atoms with Gasteiger partial charge in [-0.25, -0.2) is 26.0 Å². The van der Waals surface area contributed by atoms with Crippen molar-refractivity contribution in [1.29, 1.82) is 0 Å². The molecule has 0 aliphatic carbocycles. The first kappa shape index (κ1) is 16.3. The summed E-state index contributed by atoms with van der Waals surface area (Å²) in [7, 11) is -4.45. The summed E-state index contributed by atoms with van der Waals surface area (Å²) >= 11 is 0. The summed E-state index contributed by atoms with van der Waals surface area (Å²) in [5, 5.41) is 1.33. The third-order valence-electron chi connectivity index (χ3n) is 3.38. The molecule has 0 atom stereocenters. The zero-order valence-corrected chi connectivity index (χ0v) is 12.7. The maximum atomic E-state index is 13.6. The van der Waals surface area contributed by atoms with Gasteiger partial charge in [-0.3, -0.25) is 4.72 Å². The van der Waals surface area contributed by atoms with Gasteiger partial charge in [0.25, 0.3) is 10.0 Å². The van der Waals surface area contributed by atoms with Gasteiger partial charge in [-0.05, 0) is 22.9 Å². The first-order valence-corrected chi connectivity index (χ1v) is 8.12. The van der Waals surface area contributed by atoms with E-state index in [1.807, 2.05) is 0 Å². The van der Waals surface area contributed by atoms with Crippen LogP contribution in [0.4, 0.5) is 23.2 Å². The normalized spacial score (nSPS) is 11.7. The summed E-state index contributed by atoms with van der Waals surface area (Å²) in [5.74, 6) is -7.05. The SMILES string of the molecule is O=S(=O)(Nc1c(F)c(F)cc(F)c1F)c1ccc2ccccc2c1. The summed E-state index contributed by atoms with van der Waals surface area (Å²) in [5.41, 5.74) is -1.40. The van der Waals surface area contributed by atoms with Crippen LogP contribution in [0.5, 0.6) is 0 Å². The molecule has 0 aromatic heterocycles. The number of hydrogen-bond donors (Lipinski definition) is 1. The predicted octanol–water partition coefficient (Wildman–Crippen LogP) is 4.20. The maximum absolute atomic E-state index is 13.6. The molecule has 0 fully saturated rings. The van der Waals surface area contributed by atoms with Crippen molar-refractivity contribution in [1.82, 2.24) is 0 Å². The molecule has 3 nitrogen and oxygen atoms in total. The highest BCUT2D eigenvalue weighted by Crippen LogP contribution is 2.27. The maximum Gasteiger partial charge on any atom is 0.262 e. The zero-order valence-electron chi connectivity index (χ0n) is 11.9. The minimum Gasteiger partial charge on any atom is -0.274 e. The number of benzene rings is 3.